The highest BCUT2D eigenvalue weighted by atomic mass is 79.9. The molecule has 3 rings (SSSR count). The number of carbonyl (C=O) groups is 1. The highest BCUT2D eigenvalue weighted by molar-refractivity contribution is 9.10. The van der Waals surface area contributed by atoms with Gasteiger partial charge in [0.1, 0.15) is 11.4 Å². The number of hydrogen-bond donors (Lipinski definition) is 2. The van der Waals surface area contributed by atoms with E-state index in [0.29, 0.717) is 23.0 Å². The normalized spacial score (nSPS) is 11.1. The lowest BCUT2D eigenvalue weighted by Gasteiger charge is -2.22. The minimum atomic E-state index is -0.372. The van der Waals surface area contributed by atoms with Gasteiger partial charge in [0.2, 0.25) is 5.88 Å². The third kappa shape index (κ3) is 5.57. The van der Waals surface area contributed by atoms with Crippen molar-refractivity contribution in [2.75, 3.05) is 10.6 Å². The molecule has 5 nitrogen and oxygen atoms in total. The predicted molar refractivity (Wildman–Crippen MR) is 121 cm³/mol. The van der Waals surface area contributed by atoms with Crippen LogP contribution in [-0.2, 0) is 5.41 Å². The maximum atomic E-state index is 12.5. The first-order chi connectivity index (χ1) is 13.7. The largest absolute Gasteiger partial charge is 0.437 e. The first kappa shape index (κ1) is 20.9. The van der Waals surface area contributed by atoms with Crippen molar-refractivity contribution < 1.29 is 9.53 Å². The van der Waals surface area contributed by atoms with Gasteiger partial charge in [-0.05, 0) is 52.5 Å². The summed E-state index contributed by atoms with van der Waals surface area (Å²) in [5, 5.41) is 5.64. The lowest BCUT2D eigenvalue weighted by molar-refractivity contribution is 0.262. The molecule has 3 aromatic rings. The number of rotatable bonds is 4. The Morgan fingerprint density at radius 3 is 2.41 bits per heavy atom. The van der Waals surface area contributed by atoms with Crippen molar-refractivity contribution in [1.29, 1.82) is 0 Å². The van der Waals surface area contributed by atoms with Gasteiger partial charge in [0.15, 0.2) is 0 Å². The van der Waals surface area contributed by atoms with Crippen molar-refractivity contribution in [3.8, 4) is 11.6 Å². The van der Waals surface area contributed by atoms with Gasteiger partial charge < -0.3 is 15.4 Å². The number of pyridine rings is 1. The Bertz CT molecular complexity index is 1010. The highest BCUT2D eigenvalue weighted by Crippen LogP contribution is 2.36. The summed E-state index contributed by atoms with van der Waals surface area (Å²) in [5.74, 6) is 1.03. The average Bonchev–Trinajstić information content (AvgIpc) is 2.65. The zero-order valence-corrected chi connectivity index (χ0v) is 18.5. The lowest BCUT2D eigenvalue weighted by Crippen LogP contribution is -2.20. The number of anilines is 2. The van der Waals surface area contributed by atoms with Gasteiger partial charge in [-0.2, -0.15) is 0 Å². The van der Waals surface area contributed by atoms with E-state index in [4.69, 9.17) is 4.74 Å². The second-order valence-electron chi connectivity index (χ2n) is 7.80. The van der Waals surface area contributed by atoms with Gasteiger partial charge in [-0.1, -0.05) is 56.7 Å². The number of amides is 2. The van der Waals surface area contributed by atoms with Crippen LogP contribution >= 0.6 is 15.9 Å². The van der Waals surface area contributed by atoms with E-state index in [1.165, 1.54) is 0 Å². The Labute approximate surface area is 179 Å². The van der Waals surface area contributed by atoms with Crippen molar-refractivity contribution in [3.05, 3.63) is 76.4 Å². The monoisotopic (exact) mass is 453 g/mol. The van der Waals surface area contributed by atoms with E-state index in [9.17, 15) is 4.79 Å². The van der Waals surface area contributed by atoms with Crippen LogP contribution in [0.2, 0.25) is 0 Å². The summed E-state index contributed by atoms with van der Waals surface area (Å²) in [6.45, 7) is 8.37. The number of ether oxygens (including phenoxy) is 1. The second kappa shape index (κ2) is 8.66. The van der Waals surface area contributed by atoms with Gasteiger partial charge in [-0.25, -0.2) is 9.78 Å². The molecule has 6 heteroatoms. The third-order valence-corrected chi connectivity index (χ3v) is 4.71. The highest BCUT2D eigenvalue weighted by Gasteiger charge is 2.20. The summed E-state index contributed by atoms with van der Waals surface area (Å²) in [6, 6.07) is 16.8. The van der Waals surface area contributed by atoms with Crippen LogP contribution in [-0.4, -0.2) is 11.0 Å². The number of hydrogen-bond acceptors (Lipinski definition) is 3. The number of para-hydroxylation sites is 1. The molecule has 0 unspecified atom stereocenters. The number of carbonyl (C=O) groups excluding carboxylic acids is 1. The van der Waals surface area contributed by atoms with E-state index in [1.807, 2.05) is 55.5 Å². The number of halogens is 1. The number of aryl methyl sites for hydroxylation is 1. The minimum Gasteiger partial charge on any atom is -0.437 e. The number of nitrogens with zero attached hydrogens (tertiary/aromatic N) is 1. The molecule has 0 atom stereocenters. The van der Waals surface area contributed by atoms with Crippen LogP contribution in [0, 0.1) is 6.92 Å². The van der Waals surface area contributed by atoms with E-state index in [2.05, 4.69) is 52.3 Å². The van der Waals surface area contributed by atoms with Gasteiger partial charge in [0.25, 0.3) is 0 Å². The van der Waals surface area contributed by atoms with Crippen molar-refractivity contribution in [2.45, 2.75) is 33.1 Å². The predicted octanol–water partition coefficient (Wildman–Crippen LogP) is 6.89. The summed E-state index contributed by atoms with van der Waals surface area (Å²) in [5.41, 5.74) is 3.26. The first-order valence-electron chi connectivity index (χ1n) is 9.30. The van der Waals surface area contributed by atoms with Gasteiger partial charge in [0, 0.05) is 21.9 Å². The van der Waals surface area contributed by atoms with Crippen molar-refractivity contribution in [3.63, 3.8) is 0 Å². The fourth-order valence-corrected chi connectivity index (χ4v) is 3.13. The number of benzene rings is 2. The molecular weight excluding hydrogens is 430 g/mol. The number of urea groups is 1. The molecule has 29 heavy (non-hydrogen) atoms. The molecule has 0 fully saturated rings. The Hall–Kier alpha value is -2.86. The molecule has 0 bridgehead atoms. The fraction of sp³-hybridized carbons (Fsp3) is 0.217. The Morgan fingerprint density at radius 2 is 1.72 bits per heavy atom. The van der Waals surface area contributed by atoms with Crippen LogP contribution in [0.3, 0.4) is 0 Å². The van der Waals surface area contributed by atoms with Crippen LogP contribution in [0.5, 0.6) is 11.6 Å². The van der Waals surface area contributed by atoms with Gasteiger partial charge >= 0.3 is 6.03 Å². The van der Waals surface area contributed by atoms with Crippen LogP contribution < -0.4 is 15.4 Å². The quantitative estimate of drug-likeness (QED) is 0.451. The van der Waals surface area contributed by atoms with Crippen LogP contribution in [0.15, 0.2) is 65.3 Å². The summed E-state index contributed by atoms with van der Waals surface area (Å²) in [6.07, 6.45) is 1.64. The molecule has 0 saturated heterocycles. The first-order valence-corrected chi connectivity index (χ1v) is 10.1. The van der Waals surface area contributed by atoms with Crippen LogP contribution in [0.25, 0.3) is 0 Å². The molecule has 2 N–H and O–H groups in total. The molecule has 0 radical (unpaired) electrons. The molecular formula is C23H24BrN3O2. The maximum Gasteiger partial charge on any atom is 0.323 e. The lowest BCUT2D eigenvalue weighted by atomic mass is 9.86. The van der Waals surface area contributed by atoms with E-state index in [1.54, 1.807) is 12.3 Å². The van der Waals surface area contributed by atoms with Crippen LogP contribution in [0.4, 0.5) is 16.2 Å². The Morgan fingerprint density at radius 1 is 1.03 bits per heavy atom. The molecule has 1 heterocycles. The smallest absolute Gasteiger partial charge is 0.323 e. The maximum absolute atomic E-state index is 12.5. The molecule has 2 amide bonds. The zero-order valence-electron chi connectivity index (χ0n) is 16.9. The molecule has 0 aliphatic carbocycles. The van der Waals surface area contributed by atoms with Gasteiger partial charge in [0.05, 0.1) is 0 Å². The Balaban J connectivity index is 1.83. The molecule has 1 aromatic heterocycles. The van der Waals surface area contributed by atoms with E-state index >= 15 is 0 Å². The second-order valence-corrected chi connectivity index (χ2v) is 8.72. The SMILES string of the molecule is Cc1ccc(NC(=O)Nc2cc(Br)cnc2Oc2ccccc2C(C)(C)C)cc1. The standard InChI is InChI=1S/C23H24BrN3O2/c1-15-9-11-17(12-10-15)26-22(28)27-19-13-16(24)14-25-21(19)29-20-8-6-5-7-18(20)23(2,3)4/h5-14H,1-4H3,(H2,26,27,28). The molecule has 0 spiro atoms. The summed E-state index contributed by atoms with van der Waals surface area (Å²) in [7, 11) is 0. The average molecular weight is 454 g/mol. The van der Waals surface area contributed by atoms with Crippen molar-refractivity contribution in [1.82, 2.24) is 4.98 Å². The van der Waals surface area contributed by atoms with Gasteiger partial charge in [-0.15, -0.1) is 0 Å². The summed E-state index contributed by atoms with van der Waals surface area (Å²) >= 11 is 3.40. The zero-order chi connectivity index (χ0) is 21.0. The van der Waals surface area contributed by atoms with E-state index < -0.39 is 0 Å². The van der Waals surface area contributed by atoms with E-state index in [-0.39, 0.29) is 11.4 Å². The summed E-state index contributed by atoms with van der Waals surface area (Å²) < 4.78 is 6.85. The van der Waals surface area contributed by atoms with Crippen molar-refractivity contribution >= 4 is 33.3 Å². The van der Waals surface area contributed by atoms with Gasteiger partial charge in [-0.3, -0.25) is 0 Å². The fourth-order valence-electron chi connectivity index (χ4n) is 2.80. The third-order valence-electron chi connectivity index (χ3n) is 4.28. The molecule has 0 saturated carbocycles. The van der Waals surface area contributed by atoms with E-state index in [0.717, 1.165) is 15.6 Å². The van der Waals surface area contributed by atoms with Crippen molar-refractivity contribution in [2.24, 2.45) is 0 Å². The molecule has 0 aliphatic rings. The summed E-state index contributed by atoms with van der Waals surface area (Å²) in [4.78, 5) is 16.8. The topological polar surface area (TPSA) is 63.2 Å². The van der Waals surface area contributed by atoms with Crippen LogP contribution in [0.1, 0.15) is 31.9 Å². The number of nitrogens with one attached hydrogen (secondary N) is 2. The molecule has 0 aliphatic heterocycles. The Kier molecular flexibility index (Phi) is 6.23. The number of aromatic nitrogens is 1. The molecule has 2 aromatic carbocycles. The minimum absolute atomic E-state index is 0.0949. The molecule has 150 valence electrons.